The van der Waals surface area contributed by atoms with Gasteiger partial charge in [0.1, 0.15) is 10.2 Å². The highest BCUT2D eigenvalue weighted by molar-refractivity contribution is 9.10. The van der Waals surface area contributed by atoms with E-state index in [-0.39, 0.29) is 12.5 Å². The summed E-state index contributed by atoms with van der Waals surface area (Å²) in [5.41, 5.74) is -0.907. The molecule has 0 saturated carbocycles. The van der Waals surface area contributed by atoms with E-state index in [1.807, 2.05) is 0 Å². The first-order chi connectivity index (χ1) is 7.44. The molecule has 1 unspecified atom stereocenters. The molecule has 1 aromatic rings. The number of nitrogens with zero attached hydrogens (tertiary/aromatic N) is 1. The summed E-state index contributed by atoms with van der Waals surface area (Å²) in [4.78, 5) is 15.5. The molecular formula is C10H13BrN2O3. The fourth-order valence-corrected chi connectivity index (χ4v) is 1.17. The maximum Gasteiger partial charge on any atom is 0.252 e. The van der Waals surface area contributed by atoms with Crippen LogP contribution >= 0.6 is 15.9 Å². The normalized spacial score (nSPS) is 14.2. The van der Waals surface area contributed by atoms with Crippen LogP contribution < -0.4 is 5.32 Å². The van der Waals surface area contributed by atoms with Gasteiger partial charge in [-0.15, -0.1) is 0 Å². The third-order valence-electron chi connectivity index (χ3n) is 1.96. The average Bonchev–Trinajstić information content (AvgIpc) is 2.27. The highest BCUT2D eigenvalue weighted by Gasteiger charge is 2.20. The van der Waals surface area contributed by atoms with E-state index in [0.29, 0.717) is 10.2 Å². The van der Waals surface area contributed by atoms with Gasteiger partial charge in [0.05, 0.1) is 12.2 Å². The van der Waals surface area contributed by atoms with Gasteiger partial charge in [0.25, 0.3) is 5.91 Å². The van der Waals surface area contributed by atoms with E-state index in [4.69, 9.17) is 5.11 Å². The zero-order valence-corrected chi connectivity index (χ0v) is 10.4. The lowest BCUT2D eigenvalue weighted by molar-refractivity contribution is 0.00320. The average molecular weight is 289 g/mol. The standard InChI is InChI=1S/C10H13BrN2O3/c1-10(16,6-14)5-13-9(15)7-2-3-8(11)12-4-7/h2-4,14,16H,5-6H2,1H3,(H,13,15). The molecule has 16 heavy (non-hydrogen) atoms. The Bertz CT molecular complexity index is 365. The molecular weight excluding hydrogens is 276 g/mol. The number of amides is 1. The number of rotatable bonds is 4. The van der Waals surface area contributed by atoms with Crippen molar-refractivity contribution in [3.63, 3.8) is 0 Å². The largest absolute Gasteiger partial charge is 0.393 e. The van der Waals surface area contributed by atoms with Crippen molar-refractivity contribution in [1.82, 2.24) is 10.3 Å². The van der Waals surface area contributed by atoms with E-state index < -0.39 is 12.2 Å². The Hall–Kier alpha value is -0.980. The van der Waals surface area contributed by atoms with Crippen molar-refractivity contribution in [3.8, 4) is 0 Å². The summed E-state index contributed by atoms with van der Waals surface area (Å²) in [7, 11) is 0. The Balaban J connectivity index is 2.56. The smallest absolute Gasteiger partial charge is 0.252 e. The number of carbonyl (C=O) groups is 1. The van der Waals surface area contributed by atoms with Crippen LogP contribution in [0.2, 0.25) is 0 Å². The minimum absolute atomic E-state index is 0.0155. The maximum absolute atomic E-state index is 11.6. The molecule has 1 atom stereocenters. The van der Waals surface area contributed by atoms with Gasteiger partial charge < -0.3 is 15.5 Å². The van der Waals surface area contributed by atoms with Gasteiger partial charge in [-0.3, -0.25) is 4.79 Å². The molecule has 0 radical (unpaired) electrons. The molecule has 6 heteroatoms. The molecule has 88 valence electrons. The Morgan fingerprint density at radius 3 is 2.81 bits per heavy atom. The summed E-state index contributed by atoms with van der Waals surface area (Å²) in [6.45, 7) is 1.01. The van der Waals surface area contributed by atoms with E-state index in [1.165, 1.54) is 13.1 Å². The van der Waals surface area contributed by atoms with Crippen LogP contribution in [-0.4, -0.2) is 39.9 Å². The lowest BCUT2D eigenvalue weighted by Crippen LogP contribution is -2.43. The molecule has 0 aromatic carbocycles. The van der Waals surface area contributed by atoms with Crippen LogP contribution in [-0.2, 0) is 0 Å². The van der Waals surface area contributed by atoms with Gasteiger partial charge in [-0.25, -0.2) is 4.98 Å². The molecule has 3 N–H and O–H groups in total. The molecule has 1 aromatic heterocycles. The van der Waals surface area contributed by atoms with E-state index in [2.05, 4.69) is 26.2 Å². The number of nitrogens with one attached hydrogen (secondary N) is 1. The minimum Gasteiger partial charge on any atom is -0.393 e. The molecule has 0 aliphatic rings. The summed E-state index contributed by atoms with van der Waals surface area (Å²) in [6, 6.07) is 3.26. The van der Waals surface area contributed by atoms with Gasteiger partial charge in [0.2, 0.25) is 0 Å². The SMILES string of the molecule is CC(O)(CO)CNC(=O)c1ccc(Br)nc1. The molecule has 0 aliphatic heterocycles. The summed E-state index contributed by atoms with van der Waals surface area (Å²) in [6.07, 6.45) is 1.42. The predicted octanol–water partition coefficient (Wildman–Crippen LogP) is 0.317. The summed E-state index contributed by atoms with van der Waals surface area (Å²) in [5.74, 6) is -0.339. The van der Waals surface area contributed by atoms with Crippen molar-refractivity contribution >= 4 is 21.8 Å². The zero-order valence-electron chi connectivity index (χ0n) is 8.77. The Labute approximate surface area is 102 Å². The van der Waals surface area contributed by atoms with Crippen LogP contribution in [0.3, 0.4) is 0 Å². The van der Waals surface area contributed by atoms with Crippen molar-refractivity contribution in [2.75, 3.05) is 13.2 Å². The maximum atomic E-state index is 11.6. The van der Waals surface area contributed by atoms with Gasteiger partial charge >= 0.3 is 0 Å². The lowest BCUT2D eigenvalue weighted by Gasteiger charge is -2.20. The van der Waals surface area contributed by atoms with Crippen molar-refractivity contribution in [2.45, 2.75) is 12.5 Å². The number of aliphatic hydroxyl groups excluding tert-OH is 1. The van der Waals surface area contributed by atoms with Crippen LogP contribution in [0, 0.1) is 0 Å². The predicted molar refractivity (Wildman–Crippen MR) is 62.0 cm³/mol. The minimum atomic E-state index is -1.31. The summed E-state index contributed by atoms with van der Waals surface area (Å²) < 4.78 is 0.645. The number of aromatic nitrogens is 1. The van der Waals surface area contributed by atoms with Gasteiger partial charge in [-0.2, -0.15) is 0 Å². The van der Waals surface area contributed by atoms with Crippen LogP contribution in [0.5, 0.6) is 0 Å². The van der Waals surface area contributed by atoms with E-state index >= 15 is 0 Å². The van der Waals surface area contributed by atoms with Gasteiger partial charge in [-0.05, 0) is 35.0 Å². The van der Waals surface area contributed by atoms with Gasteiger partial charge in [0.15, 0.2) is 0 Å². The lowest BCUT2D eigenvalue weighted by atomic mass is 10.1. The van der Waals surface area contributed by atoms with Crippen molar-refractivity contribution < 1.29 is 15.0 Å². The highest BCUT2D eigenvalue weighted by Crippen LogP contribution is 2.06. The molecule has 5 nitrogen and oxygen atoms in total. The van der Waals surface area contributed by atoms with Crippen LogP contribution in [0.4, 0.5) is 0 Å². The molecule has 1 amide bonds. The monoisotopic (exact) mass is 288 g/mol. The quantitative estimate of drug-likeness (QED) is 0.697. The molecule has 0 spiro atoms. The number of pyridine rings is 1. The van der Waals surface area contributed by atoms with Crippen molar-refractivity contribution in [1.29, 1.82) is 0 Å². The number of aliphatic hydroxyl groups is 2. The van der Waals surface area contributed by atoms with Crippen LogP contribution in [0.15, 0.2) is 22.9 Å². The molecule has 0 fully saturated rings. The fraction of sp³-hybridized carbons (Fsp3) is 0.400. The number of hydrogen-bond acceptors (Lipinski definition) is 4. The summed E-state index contributed by atoms with van der Waals surface area (Å²) in [5, 5.41) is 20.8. The first-order valence-electron chi connectivity index (χ1n) is 4.67. The topological polar surface area (TPSA) is 82.5 Å². The second-order valence-corrected chi connectivity index (χ2v) is 4.52. The third kappa shape index (κ3) is 3.88. The molecule has 0 aliphatic carbocycles. The second kappa shape index (κ2) is 5.38. The van der Waals surface area contributed by atoms with Crippen molar-refractivity contribution in [3.05, 3.63) is 28.5 Å². The Kier molecular flexibility index (Phi) is 4.40. The van der Waals surface area contributed by atoms with E-state index in [9.17, 15) is 9.90 Å². The number of halogens is 1. The molecule has 0 saturated heterocycles. The van der Waals surface area contributed by atoms with Crippen molar-refractivity contribution in [2.24, 2.45) is 0 Å². The van der Waals surface area contributed by atoms with Crippen LogP contribution in [0.1, 0.15) is 17.3 Å². The van der Waals surface area contributed by atoms with Crippen LogP contribution in [0.25, 0.3) is 0 Å². The molecule has 0 bridgehead atoms. The zero-order chi connectivity index (χ0) is 12.2. The van der Waals surface area contributed by atoms with Gasteiger partial charge in [0, 0.05) is 12.7 Å². The second-order valence-electron chi connectivity index (χ2n) is 3.71. The number of hydrogen-bond donors (Lipinski definition) is 3. The Morgan fingerprint density at radius 2 is 2.31 bits per heavy atom. The van der Waals surface area contributed by atoms with E-state index in [0.717, 1.165) is 0 Å². The van der Waals surface area contributed by atoms with E-state index in [1.54, 1.807) is 12.1 Å². The highest BCUT2D eigenvalue weighted by atomic mass is 79.9. The fourth-order valence-electron chi connectivity index (χ4n) is 0.939. The third-order valence-corrected chi connectivity index (χ3v) is 2.43. The molecule has 1 heterocycles. The summed E-state index contributed by atoms with van der Waals surface area (Å²) >= 11 is 3.16. The number of carbonyl (C=O) groups excluding carboxylic acids is 1. The first kappa shape index (κ1) is 13.1. The first-order valence-corrected chi connectivity index (χ1v) is 5.47. The molecule has 1 rings (SSSR count). The Morgan fingerprint density at radius 1 is 1.62 bits per heavy atom. The van der Waals surface area contributed by atoms with Gasteiger partial charge in [-0.1, -0.05) is 0 Å².